The number of terminal acetylenes is 1. The highest BCUT2D eigenvalue weighted by Gasteiger charge is 2.34. The average molecular weight is 274 g/mol. The molecule has 0 aromatic carbocycles. The summed E-state index contributed by atoms with van der Waals surface area (Å²) in [6.07, 6.45) is 1.67. The van der Waals surface area contributed by atoms with E-state index < -0.39 is 24.7 Å². The first kappa shape index (κ1) is 15.1. The minimum atomic E-state index is -4.52. The number of furan rings is 1. The molecule has 4 nitrogen and oxygen atoms in total. The summed E-state index contributed by atoms with van der Waals surface area (Å²) in [6.45, 7) is -1.70. The number of amides is 1. The lowest BCUT2D eigenvalue weighted by molar-refractivity contribution is -0.163. The smallest absolute Gasteiger partial charge is 0.406 e. The Morgan fingerprint density at radius 3 is 2.74 bits per heavy atom. The summed E-state index contributed by atoms with van der Waals surface area (Å²) in [7, 11) is 0. The molecule has 1 atom stereocenters. The molecule has 0 spiro atoms. The molecule has 1 amide bonds. The molecule has 1 unspecified atom stereocenters. The lowest BCUT2D eigenvalue weighted by atomic mass is 10.2. The number of rotatable bonds is 5. The maximum Gasteiger partial charge on any atom is 0.406 e. The normalized spacial score (nSPS) is 12.8. The predicted octanol–water partition coefficient (Wildman–Crippen LogP) is 1.52. The van der Waals surface area contributed by atoms with Gasteiger partial charge >= 0.3 is 6.18 Å². The topological polar surface area (TPSA) is 59.5 Å². The van der Waals surface area contributed by atoms with E-state index >= 15 is 0 Å². The van der Waals surface area contributed by atoms with Crippen LogP contribution in [0.25, 0.3) is 0 Å². The number of alkyl halides is 3. The summed E-state index contributed by atoms with van der Waals surface area (Å²) >= 11 is 0. The molecule has 0 aliphatic heterocycles. The fourth-order valence-corrected chi connectivity index (χ4v) is 1.47. The van der Waals surface area contributed by atoms with E-state index in [1.165, 1.54) is 18.4 Å². The summed E-state index contributed by atoms with van der Waals surface area (Å²) in [5.41, 5.74) is 5.44. The van der Waals surface area contributed by atoms with Crippen LogP contribution in [0.1, 0.15) is 12.2 Å². The predicted molar refractivity (Wildman–Crippen MR) is 61.6 cm³/mol. The van der Waals surface area contributed by atoms with Gasteiger partial charge in [0.15, 0.2) is 0 Å². The van der Waals surface area contributed by atoms with E-state index in [0.717, 1.165) is 0 Å². The third-order valence-electron chi connectivity index (χ3n) is 2.26. The highest BCUT2D eigenvalue weighted by molar-refractivity contribution is 5.82. The Labute approximate surface area is 108 Å². The molecule has 0 radical (unpaired) electrons. The standard InChI is InChI=1S/C12H13F3N2O2/c1-2-4-10(16)11(18)17(8-12(13,14)15)7-9-5-3-6-19-9/h1,3,5-6,10H,4,7-8,16H2. The Balaban J connectivity index is 2.80. The van der Waals surface area contributed by atoms with Gasteiger partial charge in [-0.1, -0.05) is 0 Å². The molecular formula is C12H13F3N2O2. The summed E-state index contributed by atoms with van der Waals surface area (Å²) in [5, 5.41) is 0. The van der Waals surface area contributed by atoms with Crippen LogP contribution in [0.5, 0.6) is 0 Å². The SMILES string of the molecule is C#CCC(N)C(=O)N(Cc1ccco1)CC(F)(F)F. The minimum Gasteiger partial charge on any atom is -0.467 e. The molecule has 0 saturated heterocycles. The van der Waals surface area contributed by atoms with Crippen molar-refractivity contribution in [1.82, 2.24) is 4.90 Å². The van der Waals surface area contributed by atoms with Crippen molar-refractivity contribution in [1.29, 1.82) is 0 Å². The fourth-order valence-electron chi connectivity index (χ4n) is 1.47. The number of halogens is 3. The zero-order chi connectivity index (χ0) is 14.5. The summed E-state index contributed by atoms with van der Waals surface area (Å²) < 4.78 is 42.2. The highest BCUT2D eigenvalue weighted by Crippen LogP contribution is 2.19. The second-order valence-electron chi connectivity index (χ2n) is 3.90. The Morgan fingerprint density at radius 2 is 2.26 bits per heavy atom. The molecule has 0 bridgehead atoms. The van der Waals surface area contributed by atoms with E-state index in [2.05, 4.69) is 5.92 Å². The zero-order valence-electron chi connectivity index (χ0n) is 9.98. The highest BCUT2D eigenvalue weighted by atomic mass is 19.4. The van der Waals surface area contributed by atoms with Crippen LogP contribution >= 0.6 is 0 Å². The quantitative estimate of drug-likeness (QED) is 0.828. The van der Waals surface area contributed by atoms with Crippen molar-refractivity contribution >= 4 is 5.91 Å². The van der Waals surface area contributed by atoms with E-state index in [9.17, 15) is 18.0 Å². The second kappa shape index (κ2) is 6.29. The Bertz CT molecular complexity index is 449. The molecular weight excluding hydrogens is 261 g/mol. The first-order chi connectivity index (χ1) is 8.83. The van der Waals surface area contributed by atoms with Crippen molar-refractivity contribution in [3.63, 3.8) is 0 Å². The molecule has 0 aliphatic rings. The van der Waals surface area contributed by atoms with Crippen LogP contribution in [0, 0.1) is 12.3 Å². The van der Waals surface area contributed by atoms with Crippen LogP contribution in [0.4, 0.5) is 13.2 Å². The number of carbonyl (C=O) groups is 1. The lowest BCUT2D eigenvalue weighted by Gasteiger charge is -2.25. The number of nitrogens with two attached hydrogens (primary N) is 1. The maximum atomic E-state index is 12.4. The molecule has 2 N–H and O–H groups in total. The Hall–Kier alpha value is -1.94. The van der Waals surface area contributed by atoms with Gasteiger partial charge in [-0.2, -0.15) is 13.2 Å². The first-order valence-electron chi connectivity index (χ1n) is 5.40. The molecule has 1 aromatic heterocycles. The van der Waals surface area contributed by atoms with Gasteiger partial charge in [-0.15, -0.1) is 12.3 Å². The van der Waals surface area contributed by atoms with E-state index in [1.54, 1.807) is 0 Å². The van der Waals surface area contributed by atoms with Gasteiger partial charge in [0.2, 0.25) is 5.91 Å². The third-order valence-corrected chi connectivity index (χ3v) is 2.26. The minimum absolute atomic E-state index is 0.120. The van der Waals surface area contributed by atoms with Gasteiger partial charge in [0.25, 0.3) is 0 Å². The molecule has 0 aliphatic carbocycles. The van der Waals surface area contributed by atoms with Gasteiger partial charge in [-0.05, 0) is 12.1 Å². The molecule has 1 rings (SSSR count). The van der Waals surface area contributed by atoms with E-state index in [-0.39, 0.29) is 18.7 Å². The summed E-state index contributed by atoms with van der Waals surface area (Å²) in [5.74, 6) is 1.53. The van der Waals surface area contributed by atoms with Crippen molar-refractivity contribution in [3.05, 3.63) is 24.2 Å². The molecule has 0 saturated carbocycles. The average Bonchev–Trinajstić information content (AvgIpc) is 2.78. The summed E-state index contributed by atoms with van der Waals surface area (Å²) in [4.78, 5) is 12.4. The van der Waals surface area contributed by atoms with Crippen molar-refractivity contribution in [2.24, 2.45) is 5.73 Å². The second-order valence-corrected chi connectivity index (χ2v) is 3.90. The number of hydrogen-bond donors (Lipinski definition) is 1. The fraction of sp³-hybridized carbons (Fsp3) is 0.417. The van der Waals surface area contributed by atoms with Crippen LogP contribution in [0.15, 0.2) is 22.8 Å². The van der Waals surface area contributed by atoms with Gasteiger partial charge in [-0.25, -0.2) is 0 Å². The Kier molecular flexibility index (Phi) is 5.01. The Morgan fingerprint density at radius 1 is 1.58 bits per heavy atom. The summed E-state index contributed by atoms with van der Waals surface area (Å²) in [6, 6.07) is 1.85. The van der Waals surface area contributed by atoms with Crippen molar-refractivity contribution < 1.29 is 22.4 Å². The van der Waals surface area contributed by atoms with Gasteiger partial charge in [0.1, 0.15) is 12.3 Å². The molecule has 104 valence electrons. The van der Waals surface area contributed by atoms with Gasteiger partial charge in [0.05, 0.1) is 18.8 Å². The molecule has 0 fully saturated rings. The third kappa shape index (κ3) is 5.06. The molecule has 1 heterocycles. The number of hydrogen-bond acceptors (Lipinski definition) is 3. The van der Waals surface area contributed by atoms with Crippen LogP contribution in [0.3, 0.4) is 0 Å². The van der Waals surface area contributed by atoms with Gasteiger partial charge < -0.3 is 15.1 Å². The molecule has 7 heteroatoms. The lowest BCUT2D eigenvalue weighted by Crippen LogP contribution is -2.46. The van der Waals surface area contributed by atoms with E-state index in [1.807, 2.05) is 0 Å². The van der Waals surface area contributed by atoms with Gasteiger partial charge in [0, 0.05) is 6.42 Å². The van der Waals surface area contributed by atoms with Crippen molar-refractivity contribution in [3.8, 4) is 12.3 Å². The first-order valence-corrected chi connectivity index (χ1v) is 5.40. The zero-order valence-corrected chi connectivity index (χ0v) is 9.98. The monoisotopic (exact) mass is 274 g/mol. The van der Waals surface area contributed by atoms with E-state index in [0.29, 0.717) is 4.90 Å². The largest absolute Gasteiger partial charge is 0.467 e. The molecule has 19 heavy (non-hydrogen) atoms. The van der Waals surface area contributed by atoms with Gasteiger partial charge in [-0.3, -0.25) is 4.79 Å². The maximum absolute atomic E-state index is 12.4. The van der Waals surface area contributed by atoms with Crippen LogP contribution in [-0.2, 0) is 11.3 Å². The van der Waals surface area contributed by atoms with E-state index in [4.69, 9.17) is 16.6 Å². The molecule has 1 aromatic rings. The van der Waals surface area contributed by atoms with Crippen molar-refractivity contribution in [2.45, 2.75) is 25.2 Å². The van der Waals surface area contributed by atoms with Crippen LogP contribution in [-0.4, -0.2) is 29.6 Å². The van der Waals surface area contributed by atoms with Crippen LogP contribution < -0.4 is 5.73 Å². The van der Waals surface area contributed by atoms with Crippen LogP contribution in [0.2, 0.25) is 0 Å². The van der Waals surface area contributed by atoms with Crippen molar-refractivity contribution in [2.75, 3.05) is 6.54 Å². The number of nitrogens with zero attached hydrogens (tertiary/aromatic N) is 1. The number of carbonyl (C=O) groups excluding carboxylic acids is 1.